The van der Waals surface area contributed by atoms with Gasteiger partial charge in [0.25, 0.3) is 0 Å². The molecule has 0 spiro atoms. The molecule has 1 aliphatic rings. The summed E-state index contributed by atoms with van der Waals surface area (Å²) >= 11 is 0. The molecule has 0 radical (unpaired) electrons. The standard InChI is InChI=1S/C31H32F4O/c1-3-5-20-7-9-21(10-8-20)11-12-22-14-16-26(30(34)28(22)32)27-18-17-25(29(33)31(27)35)23-13-15-24(6-4-2)36-19-23/h3,5,7-10,14,16-18,23-24H,4,6,11-13,15,19H2,1-2H3/b5-3+. The van der Waals surface area contributed by atoms with Gasteiger partial charge in [0.2, 0.25) is 0 Å². The molecule has 2 atom stereocenters. The number of halogens is 4. The van der Waals surface area contributed by atoms with Crippen LogP contribution in [0.5, 0.6) is 0 Å². The van der Waals surface area contributed by atoms with Crippen LogP contribution in [-0.2, 0) is 17.6 Å². The zero-order valence-electron chi connectivity index (χ0n) is 20.8. The Kier molecular flexibility index (Phi) is 8.63. The molecule has 36 heavy (non-hydrogen) atoms. The molecule has 2 unspecified atom stereocenters. The Morgan fingerprint density at radius 3 is 2.14 bits per heavy atom. The lowest BCUT2D eigenvalue weighted by atomic mass is 9.88. The second-order valence-corrected chi connectivity index (χ2v) is 9.49. The predicted octanol–water partition coefficient (Wildman–Crippen LogP) is 8.79. The number of hydrogen-bond acceptors (Lipinski definition) is 1. The summed E-state index contributed by atoms with van der Waals surface area (Å²) in [6.07, 6.45) is 8.38. The lowest BCUT2D eigenvalue weighted by Gasteiger charge is -2.29. The van der Waals surface area contributed by atoms with E-state index in [0.29, 0.717) is 25.9 Å². The molecule has 3 aromatic carbocycles. The minimum atomic E-state index is -1.16. The van der Waals surface area contributed by atoms with Crippen LogP contribution < -0.4 is 0 Å². The molecule has 1 nitrogen and oxygen atoms in total. The number of benzene rings is 3. The number of rotatable bonds is 8. The fourth-order valence-corrected chi connectivity index (χ4v) is 4.95. The maximum absolute atomic E-state index is 15.1. The number of aryl methyl sites for hydroxylation is 2. The van der Waals surface area contributed by atoms with E-state index >= 15 is 13.2 Å². The van der Waals surface area contributed by atoms with Crippen molar-refractivity contribution in [1.82, 2.24) is 0 Å². The third-order valence-electron chi connectivity index (χ3n) is 7.01. The fourth-order valence-electron chi connectivity index (χ4n) is 4.95. The molecule has 0 aliphatic carbocycles. The van der Waals surface area contributed by atoms with Crippen LogP contribution in [0.25, 0.3) is 17.2 Å². The summed E-state index contributed by atoms with van der Waals surface area (Å²) in [4.78, 5) is 0. The highest BCUT2D eigenvalue weighted by atomic mass is 19.2. The minimum Gasteiger partial charge on any atom is -0.378 e. The van der Waals surface area contributed by atoms with Crippen molar-refractivity contribution in [2.24, 2.45) is 0 Å². The van der Waals surface area contributed by atoms with Crippen LogP contribution in [-0.4, -0.2) is 12.7 Å². The molecule has 0 saturated carbocycles. The van der Waals surface area contributed by atoms with Gasteiger partial charge in [0, 0.05) is 17.0 Å². The van der Waals surface area contributed by atoms with E-state index in [9.17, 15) is 4.39 Å². The Morgan fingerprint density at radius 2 is 1.50 bits per heavy atom. The first-order chi connectivity index (χ1) is 17.4. The first kappa shape index (κ1) is 26.2. The Hall–Kier alpha value is -2.92. The van der Waals surface area contributed by atoms with Gasteiger partial charge in [-0.25, -0.2) is 17.6 Å². The van der Waals surface area contributed by atoms with E-state index in [1.165, 1.54) is 24.3 Å². The molecule has 5 heteroatoms. The van der Waals surface area contributed by atoms with Crippen LogP contribution in [0.1, 0.15) is 67.7 Å². The molecule has 1 aliphatic heterocycles. The van der Waals surface area contributed by atoms with Crippen molar-refractivity contribution in [1.29, 1.82) is 0 Å². The van der Waals surface area contributed by atoms with E-state index in [1.807, 2.05) is 43.3 Å². The first-order valence-electron chi connectivity index (χ1n) is 12.7. The molecule has 0 aromatic heterocycles. The van der Waals surface area contributed by atoms with Crippen molar-refractivity contribution >= 4 is 6.08 Å². The SMILES string of the molecule is C/C=C/c1ccc(CCc2ccc(-c3ccc(C4CCC(CCC)OC4)c(F)c3F)c(F)c2F)cc1. The van der Waals surface area contributed by atoms with Crippen molar-refractivity contribution < 1.29 is 22.3 Å². The summed E-state index contributed by atoms with van der Waals surface area (Å²) in [7, 11) is 0. The Bertz CT molecular complexity index is 1210. The Balaban J connectivity index is 1.50. The van der Waals surface area contributed by atoms with Gasteiger partial charge in [0.05, 0.1) is 12.7 Å². The summed E-state index contributed by atoms with van der Waals surface area (Å²) in [6.45, 7) is 4.36. The molecule has 0 amide bonds. The average Bonchev–Trinajstić information content (AvgIpc) is 2.89. The normalized spacial score (nSPS) is 18.2. The molecule has 1 saturated heterocycles. The van der Waals surface area contributed by atoms with Gasteiger partial charge in [-0.1, -0.05) is 74.0 Å². The smallest absolute Gasteiger partial charge is 0.167 e. The molecule has 1 fully saturated rings. The van der Waals surface area contributed by atoms with Gasteiger partial charge in [-0.15, -0.1) is 0 Å². The van der Waals surface area contributed by atoms with Crippen LogP contribution >= 0.6 is 0 Å². The van der Waals surface area contributed by atoms with Crippen LogP contribution in [0.4, 0.5) is 17.6 Å². The lowest BCUT2D eigenvalue weighted by molar-refractivity contribution is -0.00181. The van der Waals surface area contributed by atoms with Gasteiger partial charge in [0.1, 0.15) is 0 Å². The molecule has 190 valence electrons. The van der Waals surface area contributed by atoms with Crippen LogP contribution in [0.2, 0.25) is 0 Å². The second kappa shape index (κ2) is 11.9. The highest BCUT2D eigenvalue weighted by molar-refractivity contribution is 5.66. The molecule has 3 aromatic rings. The largest absolute Gasteiger partial charge is 0.378 e. The number of allylic oxidation sites excluding steroid dienone is 1. The van der Waals surface area contributed by atoms with Crippen molar-refractivity contribution in [2.45, 2.75) is 64.4 Å². The van der Waals surface area contributed by atoms with E-state index in [-0.39, 0.29) is 34.3 Å². The number of hydrogen-bond donors (Lipinski definition) is 0. The third-order valence-corrected chi connectivity index (χ3v) is 7.01. The maximum Gasteiger partial charge on any atom is 0.167 e. The van der Waals surface area contributed by atoms with E-state index < -0.39 is 23.3 Å². The monoisotopic (exact) mass is 496 g/mol. The zero-order valence-corrected chi connectivity index (χ0v) is 20.8. The van der Waals surface area contributed by atoms with Crippen molar-refractivity contribution in [3.8, 4) is 11.1 Å². The summed E-state index contributed by atoms with van der Waals surface area (Å²) in [5.74, 6) is -4.61. The lowest BCUT2D eigenvalue weighted by Crippen LogP contribution is -2.25. The van der Waals surface area contributed by atoms with Gasteiger partial charge in [0.15, 0.2) is 23.3 Å². The van der Waals surface area contributed by atoms with Gasteiger partial charge in [-0.2, -0.15) is 0 Å². The summed E-state index contributed by atoms with van der Waals surface area (Å²) in [5.41, 5.74) is 1.94. The second-order valence-electron chi connectivity index (χ2n) is 9.49. The Morgan fingerprint density at radius 1 is 0.806 bits per heavy atom. The highest BCUT2D eigenvalue weighted by Crippen LogP contribution is 2.36. The van der Waals surface area contributed by atoms with Crippen molar-refractivity contribution in [2.75, 3.05) is 6.61 Å². The van der Waals surface area contributed by atoms with Crippen LogP contribution in [0.3, 0.4) is 0 Å². The van der Waals surface area contributed by atoms with Crippen molar-refractivity contribution in [3.05, 3.63) is 100 Å². The molecular formula is C31H32F4O. The zero-order chi connectivity index (χ0) is 25.7. The minimum absolute atomic E-state index is 0.159. The third kappa shape index (κ3) is 5.73. The molecule has 4 rings (SSSR count). The van der Waals surface area contributed by atoms with Gasteiger partial charge >= 0.3 is 0 Å². The van der Waals surface area contributed by atoms with Crippen LogP contribution in [0, 0.1) is 23.3 Å². The quantitative estimate of drug-likeness (QED) is 0.283. The highest BCUT2D eigenvalue weighted by Gasteiger charge is 2.27. The molecule has 0 bridgehead atoms. The number of ether oxygens (including phenoxy) is 1. The molecule has 0 N–H and O–H groups in total. The van der Waals surface area contributed by atoms with E-state index in [0.717, 1.165) is 30.4 Å². The van der Waals surface area contributed by atoms with E-state index in [4.69, 9.17) is 4.74 Å². The van der Waals surface area contributed by atoms with E-state index in [1.54, 1.807) is 0 Å². The van der Waals surface area contributed by atoms with Gasteiger partial charge in [-0.05, 0) is 61.3 Å². The maximum atomic E-state index is 15.1. The van der Waals surface area contributed by atoms with Gasteiger partial charge < -0.3 is 4.74 Å². The summed E-state index contributed by atoms with van der Waals surface area (Å²) in [6, 6.07) is 13.5. The molecule has 1 heterocycles. The summed E-state index contributed by atoms with van der Waals surface area (Å²) < 4.78 is 65.8. The van der Waals surface area contributed by atoms with Gasteiger partial charge in [-0.3, -0.25) is 0 Å². The average molecular weight is 497 g/mol. The van der Waals surface area contributed by atoms with Crippen molar-refractivity contribution in [3.63, 3.8) is 0 Å². The predicted molar refractivity (Wildman–Crippen MR) is 137 cm³/mol. The Labute approximate surface area is 210 Å². The van der Waals surface area contributed by atoms with Crippen LogP contribution in [0.15, 0.2) is 54.6 Å². The van der Waals surface area contributed by atoms with E-state index in [2.05, 4.69) is 6.92 Å². The first-order valence-corrected chi connectivity index (χ1v) is 12.7. The fraction of sp³-hybridized carbons (Fsp3) is 0.355. The topological polar surface area (TPSA) is 9.23 Å². The molecular weight excluding hydrogens is 464 g/mol. The summed E-state index contributed by atoms with van der Waals surface area (Å²) in [5, 5.41) is 0.